The molecule has 0 atom stereocenters. The second kappa shape index (κ2) is 11.4. The van der Waals surface area contributed by atoms with Crippen molar-refractivity contribution in [3.8, 4) is 11.5 Å². The Labute approximate surface area is 204 Å². The molecule has 0 aliphatic carbocycles. The lowest BCUT2D eigenvalue weighted by atomic mass is 10.2. The quantitative estimate of drug-likeness (QED) is 0.196. The predicted molar refractivity (Wildman–Crippen MR) is 133 cm³/mol. The fourth-order valence-corrected chi connectivity index (χ4v) is 3.70. The molecule has 0 bridgehead atoms. The molecule has 0 saturated carbocycles. The first-order chi connectivity index (χ1) is 15.0. The molecule has 3 aromatic carbocycles. The Morgan fingerprint density at radius 3 is 2.61 bits per heavy atom. The summed E-state index contributed by atoms with van der Waals surface area (Å²) < 4.78 is 12.6. The van der Waals surface area contributed by atoms with Crippen LogP contribution in [-0.2, 0) is 6.61 Å². The van der Waals surface area contributed by atoms with Crippen molar-refractivity contribution in [3.63, 3.8) is 0 Å². The summed E-state index contributed by atoms with van der Waals surface area (Å²) in [5.74, 6) is 0.599. The second-order valence-electron chi connectivity index (χ2n) is 6.35. The van der Waals surface area contributed by atoms with Gasteiger partial charge < -0.3 is 9.47 Å². The second-order valence-corrected chi connectivity index (χ2v) is 8.41. The average Bonchev–Trinajstić information content (AvgIpc) is 2.74. The summed E-state index contributed by atoms with van der Waals surface area (Å²) in [6.07, 6.45) is 1.50. The maximum atomic E-state index is 12.2. The van der Waals surface area contributed by atoms with Gasteiger partial charge in [0.1, 0.15) is 6.61 Å². The molecular formula is C23H19Cl2IN2O3. The van der Waals surface area contributed by atoms with Crippen LogP contribution in [0.1, 0.15) is 28.4 Å². The maximum absolute atomic E-state index is 12.2. The summed E-state index contributed by atoms with van der Waals surface area (Å²) in [4.78, 5) is 12.2. The van der Waals surface area contributed by atoms with Crippen molar-refractivity contribution in [2.24, 2.45) is 5.10 Å². The summed E-state index contributed by atoms with van der Waals surface area (Å²) in [6.45, 7) is 2.55. The van der Waals surface area contributed by atoms with Crippen molar-refractivity contribution in [3.05, 3.63) is 91.0 Å². The zero-order valence-electron chi connectivity index (χ0n) is 16.6. The van der Waals surface area contributed by atoms with Gasteiger partial charge in [0.2, 0.25) is 0 Å². The van der Waals surface area contributed by atoms with Crippen molar-refractivity contribution in [2.45, 2.75) is 13.5 Å². The molecule has 0 heterocycles. The fourth-order valence-electron chi connectivity index (χ4n) is 2.69. The van der Waals surface area contributed by atoms with Gasteiger partial charge in [-0.2, -0.15) is 5.10 Å². The largest absolute Gasteiger partial charge is 0.490 e. The maximum Gasteiger partial charge on any atom is 0.271 e. The first kappa shape index (κ1) is 23.4. The smallest absolute Gasteiger partial charge is 0.271 e. The van der Waals surface area contributed by atoms with E-state index in [1.165, 1.54) is 6.21 Å². The average molecular weight is 569 g/mol. The molecule has 3 rings (SSSR count). The number of amides is 1. The van der Waals surface area contributed by atoms with Crippen LogP contribution in [0, 0.1) is 3.57 Å². The Morgan fingerprint density at radius 2 is 1.87 bits per heavy atom. The molecule has 0 saturated heterocycles. The number of hydrogen-bond donors (Lipinski definition) is 1. The highest BCUT2D eigenvalue weighted by Gasteiger charge is 2.13. The lowest BCUT2D eigenvalue weighted by Gasteiger charge is -2.15. The van der Waals surface area contributed by atoms with Gasteiger partial charge in [-0.15, -0.1) is 0 Å². The van der Waals surface area contributed by atoms with E-state index >= 15 is 0 Å². The Morgan fingerprint density at radius 1 is 1.06 bits per heavy atom. The fraction of sp³-hybridized carbons (Fsp3) is 0.130. The summed E-state index contributed by atoms with van der Waals surface area (Å²) in [6, 6.07) is 18.1. The van der Waals surface area contributed by atoms with Crippen LogP contribution in [0.4, 0.5) is 0 Å². The molecule has 0 aliphatic heterocycles. The zero-order chi connectivity index (χ0) is 22.2. The minimum Gasteiger partial charge on any atom is -0.490 e. The van der Waals surface area contributed by atoms with E-state index in [0.29, 0.717) is 39.3 Å². The molecule has 160 valence electrons. The number of nitrogens with zero attached hydrogens (tertiary/aromatic N) is 1. The molecule has 0 unspecified atom stereocenters. The van der Waals surface area contributed by atoms with Crippen LogP contribution in [0.25, 0.3) is 0 Å². The van der Waals surface area contributed by atoms with E-state index in [0.717, 1.165) is 9.13 Å². The van der Waals surface area contributed by atoms with Crippen LogP contribution in [-0.4, -0.2) is 18.7 Å². The molecule has 0 aliphatic rings. The minimum atomic E-state index is -0.300. The number of carbonyl (C=O) groups is 1. The topological polar surface area (TPSA) is 59.9 Å². The molecular weight excluding hydrogens is 550 g/mol. The van der Waals surface area contributed by atoms with Crippen LogP contribution >= 0.6 is 45.8 Å². The summed E-state index contributed by atoms with van der Waals surface area (Å²) in [7, 11) is 0. The van der Waals surface area contributed by atoms with Gasteiger partial charge in [0.25, 0.3) is 5.91 Å². The highest BCUT2D eigenvalue weighted by Crippen LogP contribution is 2.37. The van der Waals surface area contributed by atoms with E-state index in [1.54, 1.807) is 30.3 Å². The minimum absolute atomic E-state index is 0.249. The molecule has 1 amide bonds. The monoisotopic (exact) mass is 568 g/mol. The number of benzene rings is 3. The van der Waals surface area contributed by atoms with E-state index in [4.69, 9.17) is 32.7 Å². The third-order valence-corrected chi connectivity index (χ3v) is 5.45. The molecule has 0 radical (unpaired) electrons. The summed E-state index contributed by atoms with van der Waals surface area (Å²) in [5, 5.41) is 5.00. The van der Waals surface area contributed by atoms with Crippen molar-refractivity contribution in [1.29, 1.82) is 0 Å². The summed E-state index contributed by atoms with van der Waals surface area (Å²) >= 11 is 14.8. The van der Waals surface area contributed by atoms with Crippen LogP contribution in [0.5, 0.6) is 11.5 Å². The van der Waals surface area contributed by atoms with Gasteiger partial charge in [-0.1, -0.05) is 47.5 Å². The van der Waals surface area contributed by atoms with E-state index in [9.17, 15) is 4.79 Å². The first-order valence-electron chi connectivity index (χ1n) is 9.39. The number of nitrogens with one attached hydrogen (secondary N) is 1. The lowest BCUT2D eigenvalue weighted by molar-refractivity contribution is 0.0955. The molecule has 0 fully saturated rings. The Bertz CT molecular complexity index is 1110. The third-order valence-electron chi connectivity index (χ3n) is 4.13. The number of hydrogen-bond acceptors (Lipinski definition) is 4. The van der Waals surface area contributed by atoms with E-state index in [-0.39, 0.29) is 12.5 Å². The number of carbonyl (C=O) groups excluding carboxylic acids is 1. The van der Waals surface area contributed by atoms with Gasteiger partial charge in [0, 0.05) is 19.7 Å². The highest BCUT2D eigenvalue weighted by atomic mass is 127. The third kappa shape index (κ3) is 6.59. The molecule has 5 nitrogen and oxygen atoms in total. The van der Waals surface area contributed by atoms with Crippen molar-refractivity contribution >= 4 is 57.9 Å². The summed E-state index contributed by atoms with van der Waals surface area (Å²) in [5.41, 5.74) is 4.53. The predicted octanol–water partition coefficient (Wildman–Crippen LogP) is 6.34. The zero-order valence-corrected chi connectivity index (χ0v) is 20.2. The van der Waals surface area contributed by atoms with Gasteiger partial charge in [-0.05, 0) is 71.5 Å². The Balaban J connectivity index is 1.73. The van der Waals surface area contributed by atoms with Crippen LogP contribution in [0.2, 0.25) is 10.0 Å². The van der Waals surface area contributed by atoms with Crippen molar-refractivity contribution in [2.75, 3.05) is 6.61 Å². The van der Waals surface area contributed by atoms with E-state index in [1.807, 2.05) is 37.3 Å². The standard InChI is InChI=1S/C23H19Cl2IN2O3/c1-2-30-21-11-15(13-27-28-23(29)16-7-5-8-18(26)12-16)10-20(25)22(21)31-14-17-6-3-4-9-19(17)24/h3-13H,2,14H2,1H3,(H,28,29)/b27-13-. The number of hydrazone groups is 1. The first-order valence-corrected chi connectivity index (χ1v) is 11.2. The number of rotatable bonds is 8. The van der Waals surface area contributed by atoms with Crippen molar-refractivity contribution < 1.29 is 14.3 Å². The normalized spacial score (nSPS) is 10.8. The van der Waals surface area contributed by atoms with Crippen molar-refractivity contribution in [1.82, 2.24) is 5.43 Å². The Kier molecular flexibility index (Phi) is 8.57. The Hall–Kier alpha value is -2.29. The molecule has 0 spiro atoms. The molecule has 0 aromatic heterocycles. The van der Waals surface area contributed by atoms with Crippen LogP contribution in [0.3, 0.4) is 0 Å². The molecule has 8 heteroatoms. The van der Waals surface area contributed by atoms with E-state index in [2.05, 4.69) is 33.1 Å². The molecule has 3 aromatic rings. The number of ether oxygens (including phenoxy) is 2. The SMILES string of the molecule is CCOc1cc(/C=N\NC(=O)c2cccc(I)c2)cc(Cl)c1OCc1ccccc1Cl. The number of halogens is 3. The highest BCUT2D eigenvalue weighted by molar-refractivity contribution is 14.1. The molecule has 1 N–H and O–H groups in total. The lowest BCUT2D eigenvalue weighted by Crippen LogP contribution is -2.17. The van der Waals surface area contributed by atoms with Crippen LogP contribution < -0.4 is 14.9 Å². The van der Waals surface area contributed by atoms with Gasteiger partial charge in [0.15, 0.2) is 11.5 Å². The van der Waals surface area contributed by atoms with Gasteiger partial charge in [-0.3, -0.25) is 4.79 Å². The van der Waals surface area contributed by atoms with E-state index < -0.39 is 0 Å². The van der Waals surface area contributed by atoms with Crippen LogP contribution in [0.15, 0.2) is 65.8 Å². The van der Waals surface area contributed by atoms with Gasteiger partial charge in [0.05, 0.1) is 17.8 Å². The van der Waals surface area contributed by atoms with Gasteiger partial charge in [-0.25, -0.2) is 5.43 Å². The van der Waals surface area contributed by atoms with Gasteiger partial charge >= 0.3 is 0 Å². The molecule has 31 heavy (non-hydrogen) atoms.